The van der Waals surface area contributed by atoms with Crippen molar-refractivity contribution in [1.82, 2.24) is 0 Å². The fraction of sp³-hybridized carbons (Fsp3) is 0.973. The van der Waals surface area contributed by atoms with E-state index in [2.05, 4.69) is 73.1 Å². The summed E-state index contributed by atoms with van der Waals surface area (Å²) in [6, 6.07) is 0.0172. The van der Waals surface area contributed by atoms with E-state index in [1.807, 2.05) is 0 Å². The van der Waals surface area contributed by atoms with Gasteiger partial charge in [0.15, 0.2) is 0 Å². The normalized spacial score (nSPS) is 39.1. The van der Waals surface area contributed by atoms with Gasteiger partial charge in [0.2, 0.25) is 0 Å². The molecule has 4 saturated carbocycles. The highest BCUT2D eigenvalue weighted by Crippen LogP contribution is 2.69. The van der Waals surface area contributed by atoms with Gasteiger partial charge < -0.3 is 33.4 Å². The Labute approximate surface area is 285 Å². The third-order valence-electron chi connectivity index (χ3n) is 13.1. The molecule has 10 heteroatoms. The molecule has 47 heavy (non-hydrogen) atoms. The van der Waals surface area contributed by atoms with Crippen molar-refractivity contribution in [3.05, 3.63) is 10.4 Å². The largest absolute Gasteiger partial charge is 0.385 e. The zero-order valence-corrected chi connectivity index (χ0v) is 31.4. The van der Waals surface area contributed by atoms with Gasteiger partial charge in [-0.1, -0.05) is 25.9 Å². The van der Waals surface area contributed by atoms with Gasteiger partial charge in [0.1, 0.15) is 31.1 Å². The summed E-state index contributed by atoms with van der Waals surface area (Å²) in [5, 5.41) is 26.3. The fourth-order valence-electron chi connectivity index (χ4n) is 11.1. The molecule has 2 N–H and O–H groups in total. The highest BCUT2D eigenvalue weighted by molar-refractivity contribution is 5.75. The van der Waals surface area contributed by atoms with E-state index in [1.54, 1.807) is 6.92 Å². The first-order chi connectivity index (χ1) is 21.8. The molecule has 0 aromatic heterocycles. The molecule has 0 bridgehead atoms. The van der Waals surface area contributed by atoms with Gasteiger partial charge in [0, 0.05) is 22.8 Å². The number of azide groups is 1. The molecule has 3 unspecified atom stereocenters. The molecule has 4 aliphatic rings. The van der Waals surface area contributed by atoms with Crippen LogP contribution in [-0.2, 0) is 14.3 Å². The van der Waals surface area contributed by atoms with Crippen LogP contribution in [0, 0.1) is 46.3 Å². The van der Waals surface area contributed by atoms with Crippen LogP contribution < -0.4 is 0 Å². The van der Waals surface area contributed by atoms with Gasteiger partial charge in [-0.25, -0.2) is 0 Å². The maximum atomic E-state index is 12.0. The van der Waals surface area contributed by atoms with E-state index in [0.717, 1.165) is 51.4 Å². The highest BCUT2D eigenvalue weighted by Gasteiger charge is 2.66. The van der Waals surface area contributed by atoms with Crippen molar-refractivity contribution < 1.29 is 33.4 Å². The third-order valence-corrected chi connectivity index (χ3v) is 13.1. The SMILES string of the molecule is CC(=O)CCC(C)[C@H]1CC[C@H]2[C@@H]3[C@H](OCC(O)C[N+](C)(C)C)C[C@@H]4C[C@H](N=[N+]=[N-])CC[C@]4(C)[C@H]3C[C@H](OCC(O)C[N+](C)(C)C)[C@]12C. The number of carbonyl (C=O) groups excluding carboxylic acids is 1. The molecule has 0 radical (unpaired) electrons. The molecule has 13 atom stereocenters. The molecule has 0 heterocycles. The minimum absolute atomic E-state index is 0.00185. The molecular weight excluding hydrogens is 594 g/mol. The lowest BCUT2D eigenvalue weighted by atomic mass is 9.43. The smallest absolute Gasteiger partial charge is 0.129 e. The first-order valence-corrected chi connectivity index (χ1v) is 18.5. The summed E-state index contributed by atoms with van der Waals surface area (Å²) in [6.45, 7) is 10.9. The quantitative estimate of drug-likeness (QED) is 0.104. The second kappa shape index (κ2) is 14.9. The monoisotopic (exact) mass is 664 g/mol. The number of carbonyl (C=O) groups is 1. The Bertz CT molecular complexity index is 1120. The molecule has 0 aromatic rings. The predicted octanol–water partition coefficient (Wildman–Crippen LogP) is 5.45. The zero-order chi connectivity index (χ0) is 34.9. The van der Waals surface area contributed by atoms with E-state index in [1.165, 1.54) is 0 Å². The lowest BCUT2D eigenvalue weighted by molar-refractivity contribution is -0.873. The summed E-state index contributed by atoms with van der Waals surface area (Å²) in [4.78, 5) is 15.2. The van der Waals surface area contributed by atoms with E-state index in [-0.39, 0.29) is 34.9 Å². The molecule has 0 spiro atoms. The number of likely N-dealkylation sites (N-methyl/N-ethyl adjacent to an activating group) is 2. The second-order valence-corrected chi connectivity index (χ2v) is 18.8. The Morgan fingerprint density at radius 2 is 1.55 bits per heavy atom. The van der Waals surface area contributed by atoms with Crippen LogP contribution in [0.5, 0.6) is 0 Å². The summed E-state index contributed by atoms with van der Waals surface area (Å²) < 4.78 is 15.2. The Kier molecular flexibility index (Phi) is 12.2. The number of nitrogens with zero attached hydrogens (tertiary/aromatic N) is 5. The maximum absolute atomic E-state index is 12.0. The molecule has 0 saturated heterocycles. The Morgan fingerprint density at radius 3 is 2.13 bits per heavy atom. The van der Waals surface area contributed by atoms with Crippen LogP contribution in [0.15, 0.2) is 5.11 Å². The van der Waals surface area contributed by atoms with Crippen LogP contribution in [0.4, 0.5) is 0 Å². The van der Waals surface area contributed by atoms with E-state index in [4.69, 9.17) is 9.47 Å². The summed E-state index contributed by atoms with van der Waals surface area (Å²) >= 11 is 0. The summed E-state index contributed by atoms with van der Waals surface area (Å²) in [6.07, 6.45) is 7.32. The van der Waals surface area contributed by atoms with Crippen molar-refractivity contribution in [2.45, 2.75) is 116 Å². The van der Waals surface area contributed by atoms with Gasteiger partial charge in [-0.15, -0.1) is 0 Å². The Morgan fingerprint density at radius 1 is 0.936 bits per heavy atom. The molecular formula is C37H69N5O5+2. The molecule has 4 fully saturated rings. The first-order valence-electron chi connectivity index (χ1n) is 18.5. The molecule has 0 aromatic carbocycles. The molecule has 0 amide bonds. The van der Waals surface area contributed by atoms with Crippen LogP contribution in [0.1, 0.15) is 85.5 Å². The van der Waals surface area contributed by atoms with Gasteiger partial charge in [0.05, 0.1) is 67.7 Å². The number of hydrogen-bond acceptors (Lipinski definition) is 6. The summed E-state index contributed by atoms with van der Waals surface area (Å²) in [5.41, 5.74) is 9.25. The van der Waals surface area contributed by atoms with Gasteiger partial charge in [-0.3, -0.25) is 0 Å². The fourth-order valence-corrected chi connectivity index (χ4v) is 11.1. The van der Waals surface area contributed by atoms with Gasteiger partial charge in [0.25, 0.3) is 0 Å². The van der Waals surface area contributed by atoms with Crippen molar-refractivity contribution in [2.75, 3.05) is 68.6 Å². The summed E-state index contributed by atoms with van der Waals surface area (Å²) in [5.74, 6) is 2.54. The second-order valence-electron chi connectivity index (χ2n) is 18.8. The minimum Gasteiger partial charge on any atom is -0.385 e. The van der Waals surface area contributed by atoms with Crippen molar-refractivity contribution in [1.29, 1.82) is 0 Å². The lowest BCUT2D eigenvalue weighted by Crippen LogP contribution is -2.63. The topological polar surface area (TPSA) is 125 Å². The van der Waals surface area contributed by atoms with Crippen molar-refractivity contribution >= 4 is 5.78 Å². The van der Waals surface area contributed by atoms with Crippen LogP contribution in [-0.4, -0.2) is 124 Å². The van der Waals surface area contributed by atoms with Gasteiger partial charge in [-0.2, -0.15) is 0 Å². The molecule has 4 rings (SSSR count). The standard InChI is InChI=1S/C37H69N5O5/c1-24(11-12-25(2)43)30-13-14-31-35-32(19-34(37(30,31)4)47-23-29(45)21-42(8,9)10)36(3)16-15-27(39-40-38)17-26(36)18-33(35)46-22-28(44)20-41(5,6)7/h24,26-35,44-45H,11-23H2,1-10H3/q+2/t24?,26-,27+,28?,29?,30+,31-,32-,33+,34-,35-,36-,37+/m0/s1. The van der Waals surface area contributed by atoms with Crippen LogP contribution in [0.3, 0.4) is 0 Å². The van der Waals surface area contributed by atoms with E-state index < -0.39 is 12.2 Å². The maximum Gasteiger partial charge on any atom is 0.129 e. The molecule has 4 aliphatic carbocycles. The number of ether oxygens (including phenoxy) is 2. The van der Waals surface area contributed by atoms with Crippen molar-refractivity contribution in [3.63, 3.8) is 0 Å². The number of Topliss-reactive ketones (excluding diaryl/α,β-unsaturated/α-hetero) is 1. The average molecular weight is 664 g/mol. The summed E-state index contributed by atoms with van der Waals surface area (Å²) in [7, 11) is 12.6. The zero-order valence-electron chi connectivity index (χ0n) is 31.4. The highest BCUT2D eigenvalue weighted by atomic mass is 16.5. The van der Waals surface area contributed by atoms with Crippen molar-refractivity contribution in [3.8, 4) is 0 Å². The lowest BCUT2D eigenvalue weighted by Gasteiger charge is -2.64. The molecule has 270 valence electrons. The number of hydrogen-bond donors (Lipinski definition) is 2. The average Bonchev–Trinajstić information content (AvgIpc) is 3.30. The van der Waals surface area contributed by atoms with Crippen LogP contribution >= 0.6 is 0 Å². The predicted molar refractivity (Wildman–Crippen MR) is 185 cm³/mol. The van der Waals surface area contributed by atoms with E-state index >= 15 is 0 Å². The van der Waals surface area contributed by atoms with Crippen LogP contribution in [0.25, 0.3) is 10.4 Å². The number of aliphatic hydroxyl groups excluding tert-OH is 2. The third kappa shape index (κ3) is 8.92. The first kappa shape index (κ1) is 38.5. The van der Waals surface area contributed by atoms with Crippen molar-refractivity contribution in [2.24, 2.45) is 51.5 Å². The minimum atomic E-state index is -0.544. The van der Waals surface area contributed by atoms with E-state index in [0.29, 0.717) is 77.2 Å². The number of quaternary nitrogens is 2. The number of fused-ring (bicyclic) bond motifs is 5. The number of aliphatic hydroxyl groups is 2. The number of rotatable bonds is 15. The van der Waals surface area contributed by atoms with E-state index in [9.17, 15) is 20.5 Å². The molecule has 10 nitrogen and oxygen atoms in total. The number of ketones is 1. The Hall–Kier alpha value is -1.26. The Balaban J connectivity index is 1.70. The molecule has 0 aliphatic heterocycles. The van der Waals surface area contributed by atoms with Gasteiger partial charge in [-0.05, 0) is 105 Å². The van der Waals surface area contributed by atoms with Gasteiger partial charge >= 0.3 is 0 Å². The van der Waals surface area contributed by atoms with Crippen LogP contribution in [0.2, 0.25) is 0 Å².